The molecule has 2 N–H and O–H groups in total. The van der Waals surface area contributed by atoms with Crippen LogP contribution in [0, 0.1) is 0 Å². The van der Waals surface area contributed by atoms with E-state index in [4.69, 9.17) is 0 Å². The molecule has 1 aromatic carbocycles. The number of amides is 1. The zero-order chi connectivity index (χ0) is 18.6. The fraction of sp³-hybridized carbons (Fsp3) is 0.550. The Hall–Kier alpha value is -2.41. The van der Waals surface area contributed by atoms with Gasteiger partial charge < -0.3 is 10.4 Å². The second-order valence-electron chi connectivity index (χ2n) is 7.70. The van der Waals surface area contributed by atoms with Crippen molar-refractivity contribution in [2.24, 2.45) is 0 Å². The minimum atomic E-state index is -0.116. The van der Waals surface area contributed by atoms with Crippen molar-refractivity contribution in [3.05, 3.63) is 41.7 Å². The van der Waals surface area contributed by atoms with Gasteiger partial charge in [0.05, 0.1) is 12.2 Å². The monoisotopic (exact) mass is 369 g/mol. The zero-order valence-corrected chi connectivity index (χ0v) is 15.5. The fourth-order valence-corrected chi connectivity index (χ4v) is 4.16. The average molecular weight is 369 g/mol. The van der Waals surface area contributed by atoms with E-state index in [1.54, 1.807) is 12.3 Å². The summed E-state index contributed by atoms with van der Waals surface area (Å²) >= 11 is 0. The fourth-order valence-electron chi connectivity index (χ4n) is 4.16. The SMILES string of the molecule is O=C(NC1CCCC1)c1cn([C@H]2CCCN(Cc3ccccc3O)C2)nn1. The highest BCUT2D eigenvalue weighted by atomic mass is 16.3. The number of hydrogen-bond acceptors (Lipinski definition) is 5. The van der Waals surface area contributed by atoms with E-state index in [0.29, 0.717) is 18.0 Å². The average Bonchev–Trinajstić information content (AvgIpc) is 3.36. The first kappa shape index (κ1) is 18.0. The van der Waals surface area contributed by atoms with Crippen molar-refractivity contribution in [1.82, 2.24) is 25.2 Å². The number of piperidine rings is 1. The first-order chi connectivity index (χ1) is 13.2. The molecule has 4 rings (SSSR count). The molecule has 1 saturated heterocycles. The minimum Gasteiger partial charge on any atom is -0.508 e. The van der Waals surface area contributed by atoms with Crippen molar-refractivity contribution < 1.29 is 9.90 Å². The molecular weight excluding hydrogens is 342 g/mol. The number of rotatable bonds is 5. The highest BCUT2D eigenvalue weighted by molar-refractivity contribution is 5.92. The number of aromatic nitrogens is 3. The van der Waals surface area contributed by atoms with Gasteiger partial charge in [0.25, 0.3) is 5.91 Å². The van der Waals surface area contributed by atoms with E-state index in [9.17, 15) is 9.90 Å². The van der Waals surface area contributed by atoms with Gasteiger partial charge in [0.1, 0.15) is 5.75 Å². The summed E-state index contributed by atoms with van der Waals surface area (Å²) in [6.07, 6.45) is 8.34. The molecule has 1 aliphatic carbocycles. The predicted molar refractivity (Wildman–Crippen MR) is 101 cm³/mol. The molecule has 2 fully saturated rings. The molecule has 1 saturated carbocycles. The predicted octanol–water partition coefficient (Wildman–Crippen LogP) is 2.49. The maximum Gasteiger partial charge on any atom is 0.273 e. The van der Waals surface area contributed by atoms with E-state index in [1.165, 1.54) is 12.8 Å². The number of carbonyl (C=O) groups excluding carboxylic acids is 1. The second-order valence-corrected chi connectivity index (χ2v) is 7.70. The van der Waals surface area contributed by atoms with Gasteiger partial charge in [-0.1, -0.05) is 36.3 Å². The van der Waals surface area contributed by atoms with Gasteiger partial charge in [0.15, 0.2) is 5.69 Å². The van der Waals surface area contributed by atoms with Crippen molar-refractivity contribution >= 4 is 5.91 Å². The van der Waals surface area contributed by atoms with E-state index in [1.807, 2.05) is 22.9 Å². The number of nitrogens with one attached hydrogen (secondary N) is 1. The van der Waals surface area contributed by atoms with Gasteiger partial charge in [-0.3, -0.25) is 9.69 Å². The molecule has 0 radical (unpaired) electrons. The summed E-state index contributed by atoms with van der Waals surface area (Å²) in [6, 6.07) is 7.95. The molecular formula is C20H27N5O2. The van der Waals surface area contributed by atoms with E-state index in [2.05, 4.69) is 20.5 Å². The van der Waals surface area contributed by atoms with Crippen LogP contribution in [0.15, 0.2) is 30.5 Å². The summed E-state index contributed by atoms with van der Waals surface area (Å²) in [4.78, 5) is 14.7. The Morgan fingerprint density at radius 2 is 2.00 bits per heavy atom. The quantitative estimate of drug-likeness (QED) is 0.846. The van der Waals surface area contributed by atoms with Crippen LogP contribution >= 0.6 is 0 Å². The van der Waals surface area contributed by atoms with E-state index in [-0.39, 0.29) is 18.0 Å². The van der Waals surface area contributed by atoms with Crippen molar-refractivity contribution in [2.45, 2.75) is 57.2 Å². The molecule has 7 heteroatoms. The molecule has 1 atom stereocenters. The Kier molecular flexibility index (Phi) is 5.38. The van der Waals surface area contributed by atoms with Crippen LogP contribution in [0.25, 0.3) is 0 Å². The maximum atomic E-state index is 12.4. The summed E-state index contributed by atoms with van der Waals surface area (Å²) < 4.78 is 1.83. The van der Waals surface area contributed by atoms with Crippen LogP contribution in [0.3, 0.4) is 0 Å². The van der Waals surface area contributed by atoms with Gasteiger partial charge in [-0.05, 0) is 38.3 Å². The topological polar surface area (TPSA) is 83.3 Å². The summed E-state index contributed by atoms with van der Waals surface area (Å²) in [5.41, 5.74) is 1.34. The lowest BCUT2D eigenvalue weighted by molar-refractivity contribution is 0.0932. The first-order valence-electron chi connectivity index (χ1n) is 9.91. The van der Waals surface area contributed by atoms with Gasteiger partial charge >= 0.3 is 0 Å². The van der Waals surface area contributed by atoms with Crippen LogP contribution in [0.1, 0.15) is 60.6 Å². The molecule has 27 heavy (non-hydrogen) atoms. The third-order valence-corrected chi connectivity index (χ3v) is 5.67. The molecule has 1 aromatic heterocycles. The van der Waals surface area contributed by atoms with Crippen LogP contribution in [0.5, 0.6) is 5.75 Å². The Morgan fingerprint density at radius 3 is 2.81 bits per heavy atom. The van der Waals surface area contributed by atoms with Gasteiger partial charge in [-0.25, -0.2) is 4.68 Å². The number of likely N-dealkylation sites (tertiary alicyclic amines) is 1. The van der Waals surface area contributed by atoms with Crippen LogP contribution in [-0.2, 0) is 6.54 Å². The molecule has 0 spiro atoms. The van der Waals surface area contributed by atoms with Gasteiger partial charge in [-0.2, -0.15) is 0 Å². The van der Waals surface area contributed by atoms with Crippen LogP contribution in [0.4, 0.5) is 0 Å². The minimum absolute atomic E-state index is 0.116. The Morgan fingerprint density at radius 1 is 1.19 bits per heavy atom. The molecule has 144 valence electrons. The summed E-state index contributed by atoms with van der Waals surface area (Å²) in [6.45, 7) is 2.54. The van der Waals surface area contributed by atoms with Crippen LogP contribution < -0.4 is 5.32 Å². The number of phenolic OH excluding ortho intramolecular Hbond substituents is 1. The third-order valence-electron chi connectivity index (χ3n) is 5.67. The zero-order valence-electron chi connectivity index (χ0n) is 15.5. The lowest BCUT2D eigenvalue weighted by atomic mass is 10.0. The van der Waals surface area contributed by atoms with Crippen molar-refractivity contribution in [1.29, 1.82) is 0 Å². The third kappa shape index (κ3) is 4.30. The van der Waals surface area contributed by atoms with Crippen molar-refractivity contribution in [3.8, 4) is 5.75 Å². The maximum absolute atomic E-state index is 12.4. The highest BCUT2D eigenvalue weighted by Crippen LogP contribution is 2.25. The second kappa shape index (κ2) is 8.08. The first-order valence-corrected chi connectivity index (χ1v) is 9.91. The molecule has 7 nitrogen and oxygen atoms in total. The Bertz CT molecular complexity index is 784. The number of hydrogen-bond donors (Lipinski definition) is 2. The Balaban J connectivity index is 1.37. The van der Waals surface area contributed by atoms with E-state index >= 15 is 0 Å². The number of benzene rings is 1. The summed E-state index contributed by atoms with van der Waals surface area (Å²) in [5, 5.41) is 21.4. The normalized spacial score (nSPS) is 21.4. The van der Waals surface area contributed by atoms with Crippen molar-refractivity contribution in [3.63, 3.8) is 0 Å². The molecule has 2 aromatic rings. The molecule has 0 unspecified atom stereocenters. The lowest BCUT2D eigenvalue weighted by Crippen LogP contribution is -2.36. The van der Waals surface area contributed by atoms with Gasteiger partial charge in [-0.15, -0.1) is 5.10 Å². The molecule has 2 aliphatic rings. The number of nitrogens with zero attached hydrogens (tertiary/aromatic N) is 4. The van der Waals surface area contributed by atoms with Gasteiger partial charge in [0.2, 0.25) is 0 Å². The van der Waals surface area contributed by atoms with Gasteiger partial charge in [0, 0.05) is 24.7 Å². The highest BCUT2D eigenvalue weighted by Gasteiger charge is 2.25. The standard InChI is InChI=1S/C20H27N5O2/c26-19-10-4-1-6-15(19)12-24-11-5-9-17(13-24)25-14-18(22-23-25)20(27)21-16-7-2-3-8-16/h1,4,6,10,14,16-17,26H,2-3,5,7-9,11-13H2,(H,21,27)/t17-/m0/s1. The number of para-hydroxylation sites is 1. The molecule has 1 aliphatic heterocycles. The largest absolute Gasteiger partial charge is 0.508 e. The lowest BCUT2D eigenvalue weighted by Gasteiger charge is -2.32. The van der Waals surface area contributed by atoms with Crippen molar-refractivity contribution in [2.75, 3.05) is 13.1 Å². The summed E-state index contributed by atoms with van der Waals surface area (Å²) in [5.74, 6) is 0.223. The number of aromatic hydroxyl groups is 1. The van der Waals surface area contributed by atoms with E-state index < -0.39 is 0 Å². The molecule has 1 amide bonds. The number of carbonyl (C=O) groups is 1. The number of phenols is 1. The van der Waals surface area contributed by atoms with Crippen LogP contribution in [0.2, 0.25) is 0 Å². The molecule has 0 bridgehead atoms. The molecule has 2 heterocycles. The summed E-state index contributed by atoms with van der Waals surface area (Å²) in [7, 11) is 0. The smallest absolute Gasteiger partial charge is 0.273 e. The van der Waals surface area contributed by atoms with E-state index in [0.717, 1.165) is 44.3 Å². The van der Waals surface area contributed by atoms with Crippen LogP contribution in [-0.4, -0.2) is 50.0 Å². The Labute approximate surface area is 159 Å².